The third-order valence-corrected chi connectivity index (χ3v) is 6.39. The lowest BCUT2D eigenvalue weighted by atomic mass is 9.61. The maximum absolute atomic E-state index is 6.41. The van der Waals surface area contributed by atoms with Crippen LogP contribution in [0.25, 0.3) is 0 Å². The summed E-state index contributed by atoms with van der Waals surface area (Å²) in [6, 6.07) is 0.666. The maximum Gasteiger partial charge on any atom is 0.0198 e. The first-order valence-corrected chi connectivity index (χ1v) is 9.47. The minimum atomic E-state index is 0.204. The molecule has 2 fully saturated rings. The van der Waals surface area contributed by atoms with E-state index >= 15 is 0 Å². The maximum atomic E-state index is 6.41. The summed E-state index contributed by atoms with van der Waals surface area (Å²) in [5, 5.41) is 0. The van der Waals surface area contributed by atoms with Gasteiger partial charge in [-0.3, -0.25) is 0 Å². The van der Waals surface area contributed by atoms with E-state index in [9.17, 15) is 0 Å². The Morgan fingerprint density at radius 2 is 1.26 bits per heavy atom. The number of rotatable bonds is 3. The molecule has 3 nitrogen and oxygen atoms in total. The summed E-state index contributed by atoms with van der Waals surface area (Å²) in [5.74, 6) is 0. The first kappa shape index (κ1) is 19.2. The molecule has 2 aliphatic carbocycles. The van der Waals surface area contributed by atoms with Crippen molar-refractivity contribution in [1.29, 1.82) is 0 Å². The number of nitrogens with two attached hydrogens (primary N) is 2. The lowest BCUT2D eigenvalue weighted by Crippen LogP contribution is -2.58. The third kappa shape index (κ3) is 4.70. The average Bonchev–Trinajstić information content (AvgIpc) is 2.19. The molecule has 2 aliphatic rings. The molecule has 4 atom stereocenters. The van der Waals surface area contributed by atoms with Crippen molar-refractivity contribution in [3.05, 3.63) is 0 Å². The fourth-order valence-corrected chi connectivity index (χ4v) is 6.41. The molecule has 0 aromatic carbocycles. The Kier molecular flexibility index (Phi) is 5.01. The van der Waals surface area contributed by atoms with Crippen molar-refractivity contribution < 1.29 is 0 Å². The van der Waals surface area contributed by atoms with Crippen LogP contribution < -0.4 is 11.5 Å². The molecule has 23 heavy (non-hydrogen) atoms. The molecule has 2 rings (SSSR count). The van der Waals surface area contributed by atoms with E-state index in [1.165, 1.54) is 12.8 Å². The minimum absolute atomic E-state index is 0.204. The van der Waals surface area contributed by atoms with Crippen LogP contribution in [0.2, 0.25) is 0 Å². The first-order chi connectivity index (χ1) is 10.2. The van der Waals surface area contributed by atoms with Crippen molar-refractivity contribution in [2.45, 2.75) is 97.7 Å². The highest BCUT2D eigenvalue weighted by atomic mass is 15.2. The summed E-state index contributed by atoms with van der Waals surface area (Å²) in [6.45, 7) is 15.5. The molecule has 0 amide bonds. The molecule has 2 saturated carbocycles. The molecule has 0 aliphatic heterocycles. The summed E-state index contributed by atoms with van der Waals surface area (Å²) >= 11 is 0. The van der Waals surface area contributed by atoms with Crippen LogP contribution in [0.4, 0.5) is 0 Å². The Bertz CT molecular complexity index is 431. The van der Waals surface area contributed by atoms with Crippen LogP contribution in [0.1, 0.15) is 80.1 Å². The first-order valence-electron chi connectivity index (χ1n) is 9.47. The van der Waals surface area contributed by atoms with Gasteiger partial charge in [-0.2, -0.15) is 0 Å². The second kappa shape index (κ2) is 6.00. The molecule has 0 aromatic rings. The number of hydrogen-bond donors (Lipinski definition) is 2. The normalized spacial score (nSPS) is 43.6. The Morgan fingerprint density at radius 3 is 1.74 bits per heavy atom. The number of hydrogen-bond acceptors (Lipinski definition) is 3. The van der Waals surface area contributed by atoms with Gasteiger partial charge in [0, 0.05) is 24.2 Å². The summed E-state index contributed by atoms with van der Waals surface area (Å²) in [6.07, 6.45) is 7.05. The van der Waals surface area contributed by atoms with Crippen molar-refractivity contribution in [3.8, 4) is 0 Å². The largest absolute Gasteiger partial charge is 0.328 e. The molecular formula is C20H41N3. The van der Waals surface area contributed by atoms with E-state index in [0.29, 0.717) is 28.3 Å². The van der Waals surface area contributed by atoms with Crippen LogP contribution in [-0.2, 0) is 0 Å². The summed E-state index contributed by atoms with van der Waals surface area (Å²) < 4.78 is 0. The molecule has 0 bridgehead atoms. The average molecular weight is 324 g/mol. The lowest BCUT2D eigenvalue weighted by Gasteiger charge is -2.54. The Labute approximate surface area is 144 Å². The quantitative estimate of drug-likeness (QED) is 0.831. The fourth-order valence-electron chi connectivity index (χ4n) is 6.41. The van der Waals surface area contributed by atoms with Gasteiger partial charge in [-0.05, 0) is 68.7 Å². The van der Waals surface area contributed by atoms with Gasteiger partial charge in [0.25, 0.3) is 0 Å². The van der Waals surface area contributed by atoms with Crippen LogP contribution in [-0.4, -0.2) is 36.1 Å². The van der Waals surface area contributed by atoms with Gasteiger partial charge in [0.2, 0.25) is 0 Å². The van der Waals surface area contributed by atoms with Crippen LogP contribution in [0, 0.1) is 16.2 Å². The fraction of sp³-hybridized carbons (Fsp3) is 1.00. The van der Waals surface area contributed by atoms with Gasteiger partial charge in [0.1, 0.15) is 0 Å². The highest BCUT2D eigenvalue weighted by Crippen LogP contribution is 2.48. The predicted molar refractivity (Wildman–Crippen MR) is 100 cm³/mol. The van der Waals surface area contributed by atoms with Crippen LogP contribution in [0.5, 0.6) is 0 Å². The van der Waals surface area contributed by atoms with E-state index in [4.69, 9.17) is 11.5 Å². The van der Waals surface area contributed by atoms with Gasteiger partial charge in [0.05, 0.1) is 0 Å². The van der Waals surface area contributed by atoms with Gasteiger partial charge in [-0.1, -0.05) is 34.6 Å². The molecule has 4 N–H and O–H groups in total. The minimum Gasteiger partial charge on any atom is -0.328 e. The highest BCUT2D eigenvalue weighted by molar-refractivity contribution is 5.02. The lowest BCUT2D eigenvalue weighted by molar-refractivity contribution is -0.0224. The molecule has 0 spiro atoms. The molecule has 4 unspecified atom stereocenters. The Morgan fingerprint density at radius 1 is 0.783 bits per heavy atom. The van der Waals surface area contributed by atoms with Crippen LogP contribution >= 0.6 is 0 Å². The SMILES string of the molecule is CN(CC1(C)CC(N)CC(C)(C)C1)C1(C)CC(N)CC(C)(C)C1. The predicted octanol–water partition coefficient (Wildman–Crippen LogP) is 3.76. The van der Waals surface area contributed by atoms with Gasteiger partial charge < -0.3 is 16.4 Å². The molecule has 0 aromatic heterocycles. The molecular weight excluding hydrogens is 282 g/mol. The van der Waals surface area contributed by atoms with Gasteiger partial charge in [0.15, 0.2) is 0 Å². The zero-order valence-corrected chi connectivity index (χ0v) is 16.7. The van der Waals surface area contributed by atoms with Crippen molar-refractivity contribution in [1.82, 2.24) is 4.90 Å². The van der Waals surface area contributed by atoms with Crippen LogP contribution in [0.3, 0.4) is 0 Å². The van der Waals surface area contributed by atoms with Crippen molar-refractivity contribution in [3.63, 3.8) is 0 Å². The van der Waals surface area contributed by atoms with E-state index in [0.717, 1.165) is 32.2 Å². The zero-order chi connectivity index (χ0) is 17.7. The highest BCUT2D eigenvalue weighted by Gasteiger charge is 2.46. The van der Waals surface area contributed by atoms with E-state index in [1.54, 1.807) is 0 Å². The van der Waals surface area contributed by atoms with E-state index in [-0.39, 0.29) is 5.54 Å². The second-order valence-corrected chi connectivity index (χ2v) is 11.2. The van der Waals surface area contributed by atoms with Gasteiger partial charge >= 0.3 is 0 Å². The second-order valence-electron chi connectivity index (χ2n) is 11.2. The van der Waals surface area contributed by atoms with E-state index < -0.39 is 0 Å². The molecule has 0 saturated heterocycles. The van der Waals surface area contributed by atoms with Crippen molar-refractivity contribution >= 4 is 0 Å². The third-order valence-electron chi connectivity index (χ3n) is 6.39. The summed E-state index contributed by atoms with van der Waals surface area (Å²) in [5.41, 5.74) is 14.0. The van der Waals surface area contributed by atoms with Crippen molar-refractivity contribution in [2.24, 2.45) is 27.7 Å². The van der Waals surface area contributed by atoms with Gasteiger partial charge in [-0.15, -0.1) is 0 Å². The molecule has 0 heterocycles. The summed E-state index contributed by atoms with van der Waals surface area (Å²) in [4.78, 5) is 2.61. The van der Waals surface area contributed by atoms with Gasteiger partial charge in [-0.25, -0.2) is 0 Å². The topological polar surface area (TPSA) is 55.3 Å². The van der Waals surface area contributed by atoms with E-state index in [2.05, 4.69) is 53.5 Å². The van der Waals surface area contributed by atoms with E-state index in [1.807, 2.05) is 0 Å². The molecule has 0 radical (unpaired) electrons. The van der Waals surface area contributed by atoms with Crippen LogP contribution in [0.15, 0.2) is 0 Å². The zero-order valence-electron chi connectivity index (χ0n) is 16.7. The smallest absolute Gasteiger partial charge is 0.0198 e. The standard InChI is InChI=1S/C20H41N3/c1-17(2)8-15(21)10-19(5,12-17)14-23(7)20(6)11-16(22)9-18(3,4)13-20/h15-16H,8-14,21-22H2,1-7H3. The van der Waals surface area contributed by atoms with Crippen molar-refractivity contribution in [2.75, 3.05) is 13.6 Å². The molecule has 3 heteroatoms. The Balaban J connectivity index is 2.12. The monoisotopic (exact) mass is 323 g/mol. The Hall–Kier alpha value is -0.120. The molecule has 136 valence electrons. The number of nitrogens with zero attached hydrogens (tertiary/aromatic N) is 1. The summed E-state index contributed by atoms with van der Waals surface area (Å²) in [7, 11) is 2.31.